The molecule has 210 valence electrons. The molecule has 0 radical (unpaired) electrons. The molecule has 0 amide bonds. The minimum absolute atomic E-state index is 0. The van der Waals surface area contributed by atoms with Gasteiger partial charge in [-0.15, -0.1) is 10.2 Å². The maximum Gasteiger partial charge on any atom is 0.369 e. The van der Waals surface area contributed by atoms with Gasteiger partial charge in [0.15, 0.2) is 0 Å². The molecule has 16 heteroatoms. The molecule has 0 unspecified atom stereocenters. The second-order valence-electron chi connectivity index (χ2n) is 7.18. The van der Waals surface area contributed by atoms with Gasteiger partial charge in [0, 0.05) is 20.9 Å². The molecular formula is C23H24Cl4N5O5PS. The van der Waals surface area contributed by atoms with Crippen LogP contribution < -0.4 is 27.9 Å². The fourth-order valence-electron chi connectivity index (χ4n) is 3.23. The first-order valence-corrected chi connectivity index (χ1v) is 16.9. The highest BCUT2D eigenvalue weighted by molar-refractivity contribution is 8.52. The van der Waals surface area contributed by atoms with Crippen molar-refractivity contribution in [2.45, 2.75) is 0 Å². The van der Waals surface area contributed by atoms with Crippen LogP contribution >= 0.6 is 39.3 Å². The zero-order valence-corrected chi connectivity index (χ0v) is 25.2. The predicted octanol–water partition coefficient (Wildman–Crippen LogP) is 1.23. The van der Waals surface area contributed by atoms with Crippen molar-refractivity contribution in [2.24, 2.45) is 0 Å². The monoisotopic (exact) mass is 653 g/mol. The summed E-state index contributed by atoms with van der Waals surface area (Å²) in [7, 11) is 8.76. The summed E-state index contributed by atoms with van der Waals surface area (Å²) in [6.45, 7) is 0.528. The summed E-state index contributed by atoms with van der Waals surface area (Å²) in [5.74, 6) is 1.16. The van der Waals surface area contributed by atoms with Crippen molar-refractivity contribution in [1.29, 1.82) is 0 Å². The quantitative estimate of drug-likeness (QED) is 0.204. The summed E-state index contributed by atoms with van der Waals surface area (Å²) in [6, 6.07) is 24.1. The van der Waals surface area contributed by atoms with Crippen molar-refractivity contribution in [3.63, 3.8) is 0 Å². The second-order valence-corrected chi connectivity index (χ2v) is 14.8. The van der Waals surface area contributed by atoms with Gasteiger partial charge >= 0.3 is 5.95 Å². The molecule has 0 saturated carbocycles. The van der Waals surface area contributed by atoms with E-state index in [0.717, 1.165) is 17.3 Å². The number of anilines is 1. The van der Waals surface area contributed by atoms with E-state index in [4.69, 9.17) is 51.2 Å². The van der Waals surface area contributed by atoms with Gasteiger partial charge in [-0.25, -0.2) is 27.4 Å². The Balaban J connectivity index is 0.000000292. The summed E-state index contributed by atoms with van der Waals surface area (Å²) in [5, 5.41) is 0. The first kappa shape index (κ1) is 34.9. The lowest BCUT2D eigenvalue weighted by molar-refractivity contribution is -2.00. The number of hydrogen-bond acceptors (Lipinski definition) is 7. The number of aromatic nitrogens is 4. The van der Waals surface area contributed by atoms with Gasteiger partial charge in [0.05, 0.1) is 44.6 Å². The van der Waals surface area contributed by atoms with Crippen molar-refractivity contribution in [3.8, 4) is 11.4 Å². The Kier molecular flexibility index (Phi) is 15.7. The number of pyridine rings is 4. The molecule has 0 spiro atoms. The van der Waals surface area contributed by atoms with E-state index in [9.17, 15) is 0 Å². The van der Waals surface area contributed by atoms with Crippen LogP contribution in [0.15, 0.2) is 97.6 Å². The van der Waals surface area contributed by atoms with Gasteiger partial charge in [-0.1, -0.05) is 24.3 Å². The zero-order chi connectivity index (χ0) is 28.1. The standard InChI is InChI=1S/C13H14N3.C10H8N2.Cl3PS.ClHO4.H2O/c1-14(2)13-15-9-5-3-7-11(15)12-8-4-6-10-16(12)13;1-3-7-11-9(5-1)10-6-2-4-8-12-10;1-4-5(2)3;2-1(3,4)5;/h3-10H,1-2H3;1-8H;;(H,2,3,4,5);1H2/q+1;;;;/p-1. The van der Waals surface area contributed by atoms with Gasteiger partial charge in [-0.05, 0) is 81.1 Å². The molecule has 5 rings (SSSR count). The SMILES string of the molecule is CN(C)c1n2ccccc2c2cccc[n+]12.ClP=S(Cl)Cl.O.[O-][Cl+3]([O-])([O-])[O-].c1ccc(-c2ccccn2)nc1. The highest BCUT2D eigenvalue weighted by Gasteiger charge is 2.19. The Morgan fingerprint density at radius 3 is 1.77 bits per heavy atom. The van der Waals surface area contributed by atoms with Crippen molar-refractivity contribution in [2.75, 3.05) is 19.0 Å². The van der Waals surface area contributed by atoms with E-state index in [0.29, 0.717) is 6.71 Å². The summed E-state index contributed by atoms with van der Waals surface area (Å²) in [4.78, 5) is 10.5. The number of nitrogens with zero attached hydrogens (tertiary/aromatic N) is 5. The smallest absolute Gasteiger partial charge is 0.369 e. The van der Waals surface area contributed by atoms with Crippen LogP contribution in [0.25, 0.3) is 22.4 Å². The first-order valence-electron chi connectivity index (χ1n) is 10.4. The molecule has 0 aromatic carbocycles. The molecule has 0 saturated heterocycles. The molecule has 0 aliphatic carbocycles. The Morgan fingerprint density at radius 1 is 0.846 bits per heavy atom. The van der Waals surface area contributed by atoms with E-state index in [1.165, 1.54) is 11.0 Å². The summed E-state index contributed by atoms with van der Waals surface area (Å²) in [5.41, 5.74) is 4.29. The van der Waals surface area contributed by atoms with Crippen LogP contribution in [0.3, 0.4) is 0 Å². The third-order valence-corrected chi connectivity index (χ3v) is 8.63. The number of imidazole rings is 1. The van der Waals surface area contributed by atoms with Gasteiger partial charge in [0.1, 0.15) is 11.0 Å². The number of hydrogen-bond donors (Lipinski definition) is 0. The summed E-state index contributed by atoms with van der Waals surface area (Å²) in [6.07, 6.45) is 7.73. The van der Waals surface area contributed by atoms with E-state index in [1.807, 2.05) is 36.4 Å². The molecule has 5 aromatic heterocycles. The molecule has 0 aliphatic heterocycles. The zero-order valence-electron chi connectivity index (χ0n) is 20.5. The normalized spacial score (nSPS) is 10.4. The van der Waals surface area contributed by atoms with Gasteiger partial charge in [-0.3, -0.25) is 14.9 Å². The Morgan fingerprint density at radius 2 is 1.33 bits per heavy atom. The molecule has 0 aliphatic rings. The Labute approximate surface area is 244 Å². The topological polar surface area (TPSA) is 161 Å². The van der Waals surface area contributed by atoms with E-state index >= 15 is 0 Å². The number of halogens is 4. The maximum atomic E-state index is 8.49. The van der Waals surface area contributed by atoms with Gasteiger partial charge in [0.2, 0.25) is 0 Å². The maximum absolute atomic E-state index is 8.49. The molecule has 5 aromatic rings. The third-order valence-electron chi connectivity index (χ3n) is 4.46. The molecule has 0 bridgehead atoms. The lowest BCUT2D eigenvalue weighted by Gasteiger charge is -2.17. The van der Waals surface area contributed by atoms with Crippen LogP contribution in [0.4, 0.5) is 5.95 Å². The van der Waals surface area contributed by atoms with Crippen LogP contribution in [0.2, 0.25) is 0 Å². The van der Waals surface area contributed by atoms with E-state index in [-0.39, 0.29) is 5.48 Å². The lowest BCUT2D eigenvalue weighted by Crippen LogP contribution is -2.68. The largest absolute Gasteiger partial charge is 0.412 e. The minimum Gasteiger partial charge on any atom is -0.412 e. The molecule has 2 N–H and O–H groups in total. The van der Waals surface area contributed by atoms with Crippen LogP contribution in [-0.2, 0) is 8.50 Å². The molecular weight excluding hydrogens is 631 g/mol. The van der Waals surface area contributed by atoms with E-state index in [1.54, 1.807) is 12.4 Å². The lowest BCUT2D eigenvalue weighted by atomic mass is 10.2. The van der Waals surface area contributed by atoms with Crippen molar-refractivity contribution in [1.82, 2.24) is 14.4 Å². The number of rotatable bonds is 2. The fraction of sp³-hybridized carbons (Fsp3) is 0.0870. The highest BCUT2D eigenvalue weighted by atomic mass is 36.0. The van der Waals surface area contributed by atoms with Gasteiger partial charge < -0.3 is 5.48 Å². The van der Waals surface area contributed by atoms with E-state index < -0.39 is 18.7 Å². The van der Waals surface area contributed by atoms with Gasteiger partial charge in [-0.2, -0.15) is 0 Å². The molecule has 39 heavy (non-hydrogen) atoms. The van der Waals surface area contributed by atoms with Gasteiger partial charge in [0.25, 0.3) is 0 Å². The number of fused-ring (bicyclic) bond motifs is 3. The third kappa shape index (κ3) is 12.3. The first-order chi connectivity index (χ1) is 18.0. The van der Waals surface area contributed by atoms with Crippen molar-refractivity contribution >= 4 is 64.8 Å². The van der Waals surface area contributed by atoms with E-state index in [2.05, 4.69) is 86.6 Å². The Bertz CT molecular complexity index is 1340. The van der Waals surface area contributed by atoms with Crippen molar-refractivity contribution < 1.29 is 38.8 Å². The fourth-order valence-corrected chi connectivity index (χ4v) is 3.23. The van der Waals surface area contributed by atoms with Crippen molar-refractivity contribution in [3.05, 3.63) is 97.6 Å². The molecule has 0 atom stereocenters. The summed E-state index contributed by atoms with van der Waals surface area (Å²) < 4.78 is 38.4. The van der Waals surface area contributed by atoms with Crippen LogP contribution in [-0.4, -0.2) is 33.9 Å². The molecule has 10 nitrogen and oxygen atoms in total. The minimum atomic E-state index is -4.94. The average molecular weight is 655 g/mol. The molecule has 5 heterocycles. The molecule has 0 fully saturated rings. The average Bonchev–Trinajstić information content (AvgIpc) is 3.24. The van der Waals surface area contributed by atoms with Crippen LogP contribution in [0, 0.1) is 10.2 Å². The summed E-state index contributed by atoms with van der Waals surface area (Å²) >= 11 is 5.06. The second kappa shape index (κ2) is 17.5. The van der Waals surface area contributed by atoms with Crippen LogP contribution in [0.5, 0.6) is 0 Å². The Hall–Kier alpha value is -2.12. The van der Waals surface area contributed by atoms with Crippen LogP contribution in [0.1, 0.15) is 0 Å². The predicted molar refractivity (Wildman–Crippen MR) is 148 cm³/mol. The highest BCUT2D eigenvalue weighted by Crippen LogP contribution is 2.17.